The van der Waals surface area contributed by atoms with Crippen LogP contribution in [0.5, 0.6) is 23.3 Å². The first-order chi connectivity index (χ1) is 15.9. The van der Waals surface area contributed by atoms with E-state index in [0.29, 0.717) is 33.7 Å². The maximum Gasteiger partial charge on any atom is 0.337 e. The Bertz CT molecular complexity index is 1390. The summed E-state index contributed by atoms with van der Waals surface area (Å²) in [5, 5.41) is 4.82. The van der Waals surface area contributed by atoms with Gasteiger partial charge in [-0.05, 0) is 31.2 Å². The molecule has 0 radical (unpaired) electrons. The largest absolute Gasteiger partial charge is 0.493 e. The van der Waals surface area contributed by atoms with E-state index in [9.17, 15) is 8.42 Å². The van der Waals surface area contributed by atoms with Crippen LogP contribution in [0, 0.1) is 0 Å². The van der Waals surface area contributed by atoms with Gasteiger partial charge in [-0.15, -0.1) is 4.09 Å². The second kappa shape index (κ2) is 8.94. The number of nitrogens with zero attached hydrogens (tertiary/aromatic N) is 4. The lowest BCUT2D eigenvalue weighted by atomic mass is 10.1. The zero-order chi connectivity index (χ0) is 23.6. The average molecular weight is 471 g/mol. The Morgan fingerprint density at radius 3 is 2.30 bits per heavy atom. The van der Waals surface area contributed by atoms with Crippen LogP contribution in [0.25, 0.3) is 22.3 Å². The number of rotatable bonds is 8. The molecule has 0 bridgehead atoms. The van der Waals surface area contributed by atoms with Gasteiger partial charge in [0.25, 0.3) is 10.0 Å². The molecule has 0 N–H and O–H groups in total. The number of methoxy groups -OCH3 is 3. The lowest BCUT2D eigenvalue weighted by Gasteiger charge is -2.14. The van der Waals surface area contributed by atoms with E-state index in [1.165, 1.54) is 33.6 Å². The predicted molar refractivity (Wildman–Crippen MR) is 121 cm³/mol. The van der Waals surface area contributed by atoms with Crippen molar-refractivity contribution in [2.24, 2.45) is 0 Å². The fourth-order valence-electron chi connectivity index (χ4n) is 3.40. The second-order valence-corrected chi connectivity index (χ2v) is 8.48. The van der Waals surface area contributed by atoms with E-state index in [2.05, 4.69) is 15.1 Å². The van der Waals surface area contributed by atoms with Crippen LogP contribution >= 0.6 is 0 Å². The monoisotopic (exact) mass is 470 g/mol. The van der Waals surface area contributed by atoms with Crippen LogP contribution in [0.3, 0.4) is 0 Å². The van der Waals surface area contributed by atoms with Gasteiger partial charge in [0.1, 0.15) is 4.90 Å². The van der Waals surface area contributed by atoms with E-state index in [1.54, 1.807) is 43.3 Å². The normalized spacial score (nSPS) is 11.4. The van der Waals surface area contributed by atoms with Crippen molar-refractivity contribution in [1.29, 1.82) is 0 Å². The highest BCUT2D eigenvalue weighted by molar-refractivity contribution is 7.90. The fraction of sp³-hybridized carbons (Fsp3) is 0.227. The van der Waals surface area contributed by atoms with Gasteiger partial charge in [-0.25, -0.2) is 0 Å². The van der Waals surface area contributed by atoms with Crippen LogP contribution in [0.2, 0.25) is 0 Å². The molecular weight excluding hydrogens is 448 g/mol. The van der Waals surface area contributed by atoms with Crippen molar-refractivity contribution in [2.75, 3.05) is 27.9 Å². The highest BCUT2D eigenvalue weighted by atomic mass is 32.2. The van der Waals surface area contributed by atoms with Crippen LogP contribution in [-0.2, 0) is 10.0 Å². The van der Waals surface area contributed by atoms with Gasteiger partial charge in [0.15, 0.2) is 17.3 Å². The van der Waals surface area contributed by atoms with Crippen molar-refractivity contribution in [1.82, 2.24) is 19.2 Å². The lowest BCUT2D eigenvalue weighted by Crippen LogP contribution is -2.17. The number of hydrogen-bond donors (Lipinski definition) is 0. The molecule has 0 amide bonds. The molecule has 33 heavy (non-hydrogen) atoms. The molecule has 11 heteroatoms. The van der Waals surface area contributed by atoms with Crippen molar-refractivity contribution in [3.8, 4) is 34.6 Å². The molecule has 0 fully saturated rings. The molecule has 172 valence electrons. The predicted octanol–water partition coefficient (Wildman–Crippen LogP) is 3.15. The van der Waals surface area contributed by atoms with Crippen LogP contribution in [-0.4, -0.2) is 55.5 Å². The first kappa shape index (κ1) is 22.3. The third kappa shape index (κ3) is 3.91. The van der Waals surface area contributed by atoms with Crippen LogP contribution < -0.4 is 18.9 Å². The number of aromatic nitrogens is 4. The molecule has 0 saturated heterocycles. The molecule has 0 atom stereocenters. The maximum absolute atomic E-state index is 13.8. The molecular formula is C22H22N4O6S. The molecule has 4 aromatic rings. The van der Waals surface area contributed by atoms with Gasteiger partial charge < -0.3 is 18.9 Å². The molecule has 2 heterocycles. The smallest absolute Gasteiger partial charge is 0.337 e. The molecule has 0 unspecified atom stereocenters. The molecule has 0 aliphatic rings. The van der Waals surface area contributed by atoms with E-state index in [1.807, 2.05) is 0 Å². The number of hydrogen-bond acceptors (Lipinski definition) is 9. The molecule has 0 aliphatic carbocycles. The van der Waals surface area contributed by atoms with Gasteiger partial charge in [-0.1, -0.05) is 23.3 Å². The van der Waals surface area contributed by atoms with Gasteiger partial charge in [0.05, 0.1) is 33.5 Å². The Balaban J connectivity index is 1.98. The van der Waals surface area contributed by atoms with E-state index in [4.69, 9.17) is 18.9 Å². The summed E-state index contributed by atoms with van der Waals surface area (Å²) in [4.78, 5) is 8.58. The number of fused-ring (bicyclic) bond motifs is 1. The molecule has 2 aromatic carbocycles. The van der Waals surface area contributed by atoms with E-state index < -0.39 is 10.0 Å². The average Bonchev–Trinajstić information content (AvgIpc) is 3.27. The summed E-state index contributed by atoms with van der Waals surface area (Å²) >= 11 is 0. The molecule has 10 nitrogen and oxygen atoms in total. The zero-order valence-corrected chi connectivity index (χ0v) is 19.3. The standard InChI is InChI=1S/C22H22N4O6S/c1-5-32-22-24-21(15-12-16(29-2)20(31-4)17(13-15)30-3)26(25-22)33(27,28)18-10-6-8-14-9-7-11-23-19(14)18/h6-13H,5H2,1-4H3. The SMILES string of the molecule is CCOc1nc(-c2cc(OC)c(OC)c(OC)c2)n(S(=O)(=O)c2cccc3cccnc23)n1. The summed E-state index contributed by atoms with van der Waals surface area (Å²) < 4.78 is 50.0. The first-order valence-corrected chi connectivity index (χ1v) is 11.4. The Kier molecular flexibility index (Phi) is 6.05. The second-order valence-electron chi connectivity index (χ2n) is 6.74. The quantitative estimate of drug-likeness (QED) is 0.383. The molecule has 4 rings (SSSR count). The first-order valence-electron chi connectivity index (χ1n) is 9.94. The van der Waals surface area contributed by atoms with Crippen molar-refractivity contribution >= 4 is 20.9 Å². The minimum atomic E-state index is -4.21. The number of benzene rings is 2. The van der Waals surface area contributed by atoms with Gasteiger partial charge in [0, 0.05) is 17.1 Å². The van der Waals surface area contributed by atoms with Crippen molar-refractivity contribution in [2.45, 2.75) is 11.8 Å². The summed E-state index contributed by atoms with van der Waals surface area (Å²) in [5.74, 6) is 1.05. The summed E-state index contributed by atoms with van der Waals surface area (Å²) in [6.45, 7) is 2.01. The van der Waals surface area contributed by atoms with Crippen molar-refractivity contribution < 1.29 is 27.4 Å². The Morgan fingerprint density at radius 2 is 1.67 bits per heavy atom. The highest BCUT2D eigenvalue weighted by Gasteiger charge is 2.29. The fourth-order valence-corrected chi connectivity index (χ4v) is 4.80. The molecule has 0 spiro atoms. The molecule has 0 aliphatic heterocycles. The number of para-hydroxylation sites is 1. The Labute approximate surface area is 190 Å². The van der Waals surface area contributed by atoms with Crippen LogP contribution in [0.1, 0.15) is 6.92 Å². The third-order valence-corrected chi connectivity index (χ3v) is 6.45. The van der Waals surface area contributed by atoms with Gasteiger partial charge in [-0.3, -0.25) is 4.98 Å². The zero-order valence-electron chi connectivity index (χ0n) is 18.5. The Morgan fingerprint density at radius 1 is 0.970 bits per heavy atom. The molecule has 2 aromatic heterocycles. The molecule has 0 saturated carbocycles. The summed E-state index contributed by atoms with van der Waals surface area (Å²) in [6.07, 6.45) is 1.54. The minimum Gasteiger partial charge on any atom is -0.493 e. The van der Waals surface area contributed by atoms with Gasteiger partial charge >= 0.3 is 6.01 Å². The van der Waals surface area contributed by atoms with Gasteiger partial charge in [0.2, 0.25) is 5.75 Å². The van der Waals surface area contributed by atoms with Crippen molar-refractivity contribution in [3.05, 3.63) is 48.7 Å². The summed E-state index contributed by atoms with van der Waals surface area (Å²) in [7, 11) is 0.207. The number of ether oxygens (including phenoxy) is 4. The summed E-state index contributed by atoms with van der Waals surface area (Å²) in [5.41, 5.74) is 0.698. The van der Waals surface area contributed by atoms with E-state index >= 15 is 0 Å². The number of pyridine rings is 1. The van der Waals surface area contributed by atoms with Gasteiger partial charge in [-0.2, -0.15) is 13.4 Å². The highest BCUT2D eigenvalue weighted by Crippen LogP contribution is 2.41. The van der Waals surface area contributed by atoms with E-state index in [-0.39, 0.29) is 23.3 Å². The third-order valence-electron chi connectivity index (χ3n) is 4.86. The lowest BCUT2D eigenvalue weighted by molar-refractivity contribution is 0.313. The van der Waals surface area contributed by atoms with Crippen LogP contribution in [0.15, 0.2) is 53.6 Å². The van der Waals surface area contributed by atoms with Crippen molar-refractivity contribution in [3.63, 3.8) is 0 Å². The summed E-state index contributed by atoms with van der Waals surface area (Å²) in [6, 6.07) is 11.5. The van der Waals surface area contributed by atoms with E-state index in [0.717, 1.165) is 4.09 Å². The maximum atomic E-state index is 13.8. The Hall–Kier alpha value is -3.86. The topological polar surface area (TPSA) is 115 Å². The van der Waals surface area contributed by atoms with Crippen LogP contribution in [0.4, 0.5) is 0 Å². The minimum absolute atomic E-state index is 0.0118.